The molecule has 0 aromatic heterocycles. The summed E-state index contributed by atoms with van der Waals surface area (Å²) >= 11 is 0. The predicted octanol–water partition coefficient (Wildman–Crippen LogP) is -0.895. The number of hydrogen-bond donors (Lipinski definition) is 4. The van der Waals surface area contributed by atoms with Crippen LogP contribution in [0.1, 0.15) is 12.8 Å². The number of carboxylic acids is 4. The van der Waals surface area contributed by atoms with E-state index in [0.717, 1.165) is 0 Å². The zero-order valence-electron chi connectivity index (χ0n) is 10.1. The molecule has 9 heteroatoms. The van der Waals surface area contributed by atoms with Crippen molar-refractivity contribution >= 4 is 23.9 Å². The third-order valence-electron chi connectivity index (χ3n) is 4.12. The van der Waals surface area contributed by atoms with Gasteiger partial charge in [-0.3, -0.25) is 14.4 Å². The molecule has 1 heterocycles. The molecule has 1 saturated carbocycles. The van der Waals surface area contributed by atoms with Crippen LogP contribution in [0.3, 0.4) is 0 Å². The second-order valence-corrected chi connectivity index (χ2v) is 5.01. The summed E-state index contributed by atoms with van der Waals surface area (Å²) in [6.07, 6.45) is -3.88. The third kappa shape index (κ3) is 1.73. The van der Waals surface area contributed by atoms with E-state index in [1.807, 2.05) is 0 Å². The second-order valence-electron chi connectivity index (χ2n) is 5.01. The minimum atomic E-state index is -2.13. The van der Waals surface area contributed by atoms with E-state index in [9.17, 15) is 24.3 Å². The first-order valence-electron chi connectivity index (χ1n) is 5.79. The summed E-state index contributed by atoms with van der Waals surface area (Å²) in [5, 5.41) is 36.6. The molecule has 2 aliphatic rings. The molecule has 1 aliphatic carbocycles. The Morgan fingerprint density at radius 2 is 1.55 bits per heavy atom. The first-order chi connectivity index (χ1) is 9.21. The first-order valence-corrected chi connectivity index (χ1v) is 5.79. The van der Waals surface area contributed by atoms with Gasteiger partial charge < -0.3 is 25.2 Å². The molecule has 0 amide bonds. The van der Waals surface area contributed by atoms with Crippen LogP contribution in [0.2, 0.25) is 0 Å². The van der Waals surface area contributed by atoms with Crippen LogP contribution in [0.25, 0.3) is 0 Å². The molecule has 4 N–H and O–H groups in total. The van der Waals surface area contributed by atoms with Crippen LogP contribution in [0.4, 0.5) is 0 Å². The van der Waals surface area contributed by atoms with Crippen molar-refractivity contribution < 1.29 is 44.3 Å². The predicted molar refractivity (Wildman–Crippen MR) is 57.9 cm³/mol. The minimum absolute atomic E-state index is 0.437. The molecular weight excluding hydrogens is 276 g/mol. The fourth-order valence-electron chi connectivity index (χ4n) is 3.17. The van der Waals surface area contributed by atoms with Crippen LogP contribution >= 0.6 is 0 Å². The lowest BCUT2D eigenvalue weighted by Gasteiger charge is -2.36. The minimum Gasteiger partial charge on any atom is -0.481 e. The zero-order chi connectivity index (χ0) is 15.2. The third-order valence-corrected chi connectivity index (χ3v) is 4.12. The maximum atomic E-state index is 11.5. The van der Waals surface area contributed by atoms with Gasteiger partial charge in [-0.25, -0.2) is 4.79 Å². The van der Waals surface area contributed by atoms with Gasteiger partial charge in [-0.2, -0.15) is 0 Å². The van der Waals surface area contributed by atoms with Gasteiger partial charge in [-0.15, -0.1) is 0 Å². The molecule has 0 aromatic rings. The van der Waals surface area contributed by atoms with E-state index >= 15 is 0 Å². The lowest BCUT2D eigenvalue weighted by molar-refractivity contribution is -0.174. The Hall–Kier alpha value is -2.16. The molecule has 2 fully saturated rings. The topological polar surface area (TPSA) is 158 Å². The van der Waals surface area contributed by atoms with E-state index in [1.54, 1.807) is 0 Å². The summed E-state index contributed by atoms with van der Waals surface area (Å²) in [5.41, 5.74) is -2.13. The largest absolute Gasteiger partial charge is 0.481 e. The molecule has 0 aromatic carbocycles. The Labute approximate surface area is 111 Å². The normalized spacial score (nSPS) is 39.2. The van der Waals surface area contributed by atoms with Crippen LogP contribution in [0.15, 0.2) is 0 Å². The van der Waals surface area contributed by atoms with Gasteiger partial charge in [0, 0.05) is 0 Å². The van der Waals surface area contributed by atoms with Crippen molar-refractivity contribution in [1.29, 1.82) is 0 Å². The highest BCUT2D eigenvalue weighted by Gasteiger charge is 2.69. The van der Waals surface area contributed by atoms with Gasteiger partial charge >= 0.3 is 23.9 Å². The summed E-state index contributed by atoms with van der Waals surface area (Å²) in [6, 6.07) is 0. The van der Waals surface area contributed by atoms with Gasteiger partial charge in [0.05, 0.1) is 17.9 Å². The second kappa shape index (κ2) is 4.44. The zero-order valence-corrected chi connectivity index (χ0v) is 10.1. The van der Waals surface area contributed by atoms with E-state index < -0.39 is 66.2 Å². The number of fused-ring (bicyclic) bond motifs is 2. The number of carbonyl (C=O) groups is 4. The summed E-state index contributed by atoms with van der Waals surface area (Å²) in [4.78, 5) is 45.0. The van der Waals surface area contributed by atoms with Crippen LogP contribution in [0.5, 0.6) is 0 Å². The monoisotopic (exact) mass is 288 g/mol. The Kier molecular flexibility index (Phi) is 3.17. The smallest absolute Gasteiger partial charge is 0.334 e. The van der Waals surface area contributed by atoms with Crippen molar-refractivity contribution in [2.24, 2.45) is 17.3 Å². The van der Waals surface area contributed by atoms with Crippen LogP contribution < -0.4 is 0 Å². The van der Waals surface area contributed by atoms with Crippen molar-refractivity contribution in [1.82, 2.24) is 0 Å². The molecule has 1 aliphatic heterocycles. The van der Waals surface area contributed by atoms with E-state index in [4.69, 9.17) is 20.1 Å². The van der Waals surface area contributed by atoms with Gasteiger partial charge in [-0.05, 0) is 12.8 Å². The lowest BCUT2D eigenvalue weighted by Crippen LogP contribution is -2.53. The Morgan fingerprint density at radius 1 is 0.950 bits per heavy atom. The Morgan fingerprint density at radius 3 is 1.95 bits per heavy atom. The van der Waals surface area contributed by atoms with Crippen molar-refractivity contribution in [3.63, 3.8) is 0 Å². The van der Waals surface area contributed by atoms with Gasteiger partial charge in [0.15, 0.2) is 6.10 Å². The van der Waals surface area contributed by atoms with E-state index in [2.05, 4.69) is 0 Å². The van der Waals surface area contributed by atoms with Gasteiger partial charge in [0.1, 0.15) is 5.41 Å². The molecule has 9 nitrogen and oxygen atoms in total. The highest BCUT2D eigenvalue weighted by Crippen LogP contribution is 2.54. The van der Waals surface area contributed by atoms with Crippen LogP contribution in [-0.2, 0) is 23.9 Å². The maximum absolute atomic E-state index is 11.5. The summed E-state index contributed by atoms with van der Waals surface area (Å²) in [5.74, 6) is -8.91. The van der Waals surface area contributed by atoms with Crippen LogP contribution in [-0.4, -0.2) is 56.5 Å². The molecule has 0 radical (unpaired) electrons. The van der Waals surface area contributed by atoms with Crippen molar-refractivity contribution in [2.75, 3.05) is 0 Å². The molecule has 20 heavy (non-hydrogen) atoms. The average molecular weight is 288 g/mol. The standard InChI is InChI=1S/C11H12O9/c12-7(13)3-1-4(8(14)15)11(10(18)19)2-5(3)20-6(11)9(16)17/h3-6H,1-2H2,(H,12,13)(H,14,15)(H,16,17)(H,18,19). The lowest BCUT2D eigenvalue weighted by atomic mass is 9.61. The summed E-state index contributed by atoms with van der Waals surface area (Å²) in [6.45, 7) is 0. The number of aliphatic carboxylic acids is 4. The van der Waals surface area contributed by atoms with Crippen LogP contribution in [0, 0.1) is 17.3 Å². The molecule has 5 unspecified atom stereocenters. The van der Waals surface area contributed by atoms with Gasteiger partial charge in [0.25, 0.3) is 0 Å². The first kappa shape index (κ1) is 14.3. The highest BCUT2D eigenvalue weighted by atomic mass is 16.5. The van der Waals surface area contributed by atoms with E-state index in [-0.39, 0.29) is 0 Å². The fourth-order valence-corrected chi connectivity index (χ4v) is 3.17. The average Bonchev–Trinajstić information content (AvgIpc) is 2.65. The fraction of sp³-hybridized carbons (Fsp3) is 0.636. The quantitative estimate of drug-likeness (QED) is 0.514. The van der Waals surface area contributed by atoms with Crippen molar-refractivity contribution in [3.05, 3.63) is 0 Å². The molecule has 2 rings (SSSR count). The molecular formula is C11H12O9. The van der Waals surface area contributed by atoms with Gasteiger partial charge in [-0.1, -0.05) is 0 Å². The Balaban J connectivity index is 2.54. The van der Waals surface area contributed by atoms with Crippen molar-refractivity contribution in [3.8, 4) is 0 Å². The number of rotatable bonds is 4. The SMILES string of the molecule is O=C(O)C1CC(C(=O)O)C2(C(=O)O)CC1OC2C(=O)O. The molecule has 5 atom stereocenters. The number of carboxylic acid groups (broad SMARTS) is 4. The molecule has 2 bridgehead atoms. The van der Waals surface area contributed by atoms with Crippen molar-refractivity contribution in [2.45, 2.75) is 25.0 Å². The number of ether oxygens (including phenoxy) is 1. The van der Waals surface area contributed by atoms with E-state index in [0.29, 0.717) is 0 Å². The Bertz CT molecular complexity index is 498. The maximum Gasteiger partial charge on any atom is 0.334 e. The highest BCUT2D eigenvalue weighted by molar-refractivity contribution is 5.92. The molecule has 0 spiro atoms. The molecule has 1 saturated heterocycles. The summed E-state index contributed by atoms with van der Waals surface area (Å²) in [7, 11) is 0. The molecule has 110 valence electrons. The van der Waals surface area contributed by atoms with Gasteiger partial charge in [0.2, 0.25) is 0 Å². The van der Waals surface area contributed by atoms with E-state index in [1.165, 1.54) is 0 Å². The number of hydrogen-bond acceptors (Lipinski definition) is 5. The summed E-state index contributed by atoms with van der Waals surface area (Å²) < 4.78 is 5.04.